The van der Waals surface area contributed by atoms with E-state index in [1.165, 1.54) is 11.3 Å². The van der Waals surface area contributed by atoms with Crippen LogP contribution in [0.1, 0.15) is 10.4 Å². The molecule has 6 heteroatoms. The summed E-state index contributed by atoms with van der Waals surface area (Å²) in [6.07, 6.45) is 0. The van der Waals surface area contributed by atoms with Crippen molar-refractivity contribution >= 4 is 22.6 Å². The first kappa shape index (κ1) is 13.2. The van der Waals surface area contributed by atoms with Crippen molar-refractivity contribution < 1.29 is 13.2 Å². The zero-order valence-electron chi connectivity index (χ0n) is 9.45. The highest BCUT2D eigenvalue weighted by molar-refractivity contribution is 7.11. The van der Waals surface area contributed by atoms with Crippen molar-refractivity contribution in [3.8, 4) is 6.07 Å². The fourth-order valence-corrected chi connectivity index (χ4v) is 2.26. The minimum absolute atomic E-state index is 0.0682. The van der Waals surface area contributed by atoms with Gasteiger partial charge in [-0.1, -0.05) is 6.07 Å². The molecule has 0 aliphatic rings. The van der Waals surface area contributed by atoms with E-state index in [1.54, 1.807) is 17.5 Å². The van der Waals surface area contributed by atoms with Crippen molar-refractivity contribution in [3.05, 3.63) is 57.5 Å². The monoisotopic (exact) mass is 280 g/mol. The Hall–Kier alpha value is -2.26. The van der Waals surface area contributed by atoms with Crippen LogP contribution in [0.5, 0.6) is 0 Å². The van der Waals surface area contributed by atoms with Crippen LogP contribution in [0.2, 0.25) is 0 Å². The molecule has 0 radical (unpaired) electrons. The van der Waals surface area contributed by atoms with Gasteiger partial charge in [-0.25, -0.2) is 13.2 Å². The maximum atomic E-state index is 13.1. The molecule has 0 saturated heterocycles. The Morgan fingerprint density at radius 3 is 2.32 bits per heavy atom. The molecule has 2 rings (SSSR count). The number of nitrogens with two attached hydrogens (primary N) is 1. The second-order valence-electron chi connectivity index (χ2n) is 3.63. The van der Waals surface area contributed by atoms with E-state index in [1.807, 2.05) is 6.07 Å². The number of nitrogens with zero attached hydrogens (tertiary/aromatic N) is 1. The van der Waals surface area contributed by atoms with Gasteiger partial charge in [-0.2, -0.15) is 5.26 Å². The summed E-state index contributed by atoms with van der Waals surface area (Å²) in [6, 6.07) is 6.79. The Labute approximate surface area is 111 Å². The van der Waals surface area contributed by atoms with Gasteiger partial charge in [0.05, 0.1) is 11.3 Å². The molecule has 0 atom stereocenters. The van der Waals surface area contributed by atoms with Gasteiger partial charge in [0.15, 0.2) is 17.5 Å². The predicted molar refractivity (Wildman–Crippen MR) is 67.2 cm³/mol. The molecule has 0 unspecified atom stereocenters. The van der Waals surface area contributed by atoms with E-state index in [2.05, 4.69) is 0 Å². The second-order valence-corrected chi connectivity index (χ2v) is 4.58. The van der Waals surface area contributed by atoms with Gasteiger partial charge in [0, 0.05) is 10.4 Å². The number of thiophene rings is 1. The van der Waals surface area contributed by atoms with E-state index in [0.717, 1.165) is 12.1 Å². The minimum Gasteiger partial charge on any atom is -0.397 e. The number of benzene rings is 1. The van der Waals surface area contributed by atoms with E-state index in [4.69, 9.17) is 11.0 Å². The van der Waals surface area contributed by atoms with Gasteiger partial charge in [-0.15, -0.1) is 11.3 Å². The molecule has 19 heavy (non-hydrogen) atoms. The lowest BCUT2D eigenvalue weighted by Gasteiger charge is -2.06. The highest BCUT2D eigenvalue weighted by atomic mass is 32.1. The van der Waals surface area contributed by atoms with Gasteiger partial charge in [0.2, 0.25) is 0 Å². The summed E-state index contributed by atoms with van der Waals surface area (Å²) in [7, 11) is 0. The molecule has 0 fully saturated rings. The lowest BCUT2D eigenvalue weighted by Crippen LogP contribution is -2.03. The Morgan fingerprint density at radius 1 is 1.21 bits per heavy atom. The van der Waals surface area contributed by atoms with E-state index in [-0.39, 0.29) is 16.8 Å². The minimum atomic E-state index is -1.56. The number of rotatable bonds is 2. The van der Waals surface area contributed by atoms with Crippen LogP contribution in [0.3, 0.4) is 0 Å². The SMILES string of the molecule is N#C/C(=C(/N)c1cc(F)c(F)c(F)c1)c1cccs1. The highest BCUT2D eigenvalue weighted by Gasteiger charge is 2.15. The van der Waals surface area contributed by atoms with Crippen molar-refractivity contribution in [3.63, 3.8) is 0 Å². The Balaban J connectivity index is 2.61. The summed E-state index contributed by atoms with van der Waals surface area (Å²) in [5, 5.41) is 10.8. The standard InChI is InChI=1S/C13H7F3N2S/c14-9-4-7(5-10(15)12(9)16)13(18)8(6-17)11-2-1-3-19-11/h1-5H,18H2/b13-8-. The Kier molecular flexibility index (Phi) is 3.58. The summed E-state index contributed by atoms with van der Waals surface area (Å²) in [4.78, 5) is 0.574. The first-order valence-electron chi connectivity index (χ1n) is 5.13. The van der Waals surface area contributed by atoms with Crippen LogP contribution in [0.25, 0.3) is 11.3 Å². The zero-order chi connectivity index (χ0) is 14.0. The van der Waals surface area contributed by atoms with Gasteiger partial charge < -0.3 is 5.73 Å². The van der Waals surface area contributed by atoms with Gasteiger partial charge in [0.1, 0.15) is 6.07 Å². The van der Waals surface area contributed by atoms with Gasteiger partial charge in [-0.05, 0) is 23.6 Å². The van der Waals surface area contributed by atoms with Crippen molar-refractivity contribution in [1.29, 1.82) is 5.26 Å². The second kappa shape index (κ2) is 5.16. The molecular formula is C13H7F3N2S. The molecule has 0 saturated carbocycles. The van der Waals surface area contributed by atoms with Crippen molar-refractivity contribution in [1.82, 2.24) is 0 Å². The van der Waals surface area contributed by atoms with Crippen LogP contribution < -0.4 is 5.73 Å². The number of halogens is 3. The largest absolute Gasteiger partial charge is 0.397 e. The molecule has 0 amide bonds. The number of hydrogen-bond donors (Lipinski definition) is 1. The Bertz CT molecular complexity index is 661. The molecule has 2 nitrogen and oxygen atoms in total. The summed E-state index contributed by atoms with van der Waals surface area (Å²) in [5.74, 6) is -4.26. The molecule has 0 aliphatic heterocycles. The first-order valence-corrected chi connectivity index (χ1v) is 6.01. The molecule has 0 bridgehead atoms. The fraction of sp³-hybridized carbons (Fsp3) is 0. The lowest BCUT2D eigenvalue weighted by molar-refractivity contribution is 0.446. The molecule has 2 aromatic rings. The predicted octanol–water partition coefficient (Wildman–Crippen LogP) is 3.52. The number of nitriles is 1. The van der Waals surface area contributed by atoms with Crippen LogP contribution >= 0.6 is 11.3 Å². The third-order valence-corrected chi connectivity index (χ3v) is 3.33. The van der Waals surface area contributed by atoms with E-state index < -0.39 is 17.5 Å². The molecule has 0 spiro atoms. The Morgan fingerprint density at radius 2 is 1.84 bits per heavy atom. The van der Waals surface area contributed by atoms with Crippen LogP contribution in [0, 0.1) is 28.8 Å². The quantitative estimate of drug-likeness (QED) is 0.676. The molecule has 0 aliphatic carbocycles. The average Bonchev–Trinajstić information content (AvgIpc) is 2.90. The molecule has 1 heterocycles. The molecule has 1 aromatic heterocycles. The van der Waals surface area contributed by atoms with Crippen LogP contribution in [0.15, 0.2) is 29.6 Å². The maximum absolute atomic E-state index is 13.1. The molecule has 1 aromatic carbocycles. The smallest absolute Gasteiger partial charge is 0.194 e. The van der Waals surface area contributed by atoms with E-state index in [0.29, 0.717) is 4.88 Å². The summed E-state index contributed by atoms with van der Waals surface area (Å²) >= 11 is 1.27. The number of hydrogen-bond acceptors (Lipinski definition) is 3. The summed E-state index contributed by atoms with van der Waals surface area (Å²) in [6.45, 7) is 0. The zero-order valence-corrected chi connectivity index (χ0v) is 10.3. The van der Waals surface area contributed by atoms with Crippen molar-refractivity contribution in [2.45, 2.75) is 0 Å². The average molecular weight is 280 g/mol. The summed E-state index contributed by atoms with van der Waals surface area (Å²) in [5.41, 5.74) is 5.67. The van der Waals surface area contributed by atoms with Crippen LogP contribution in [0.4, 0.5) is 13.2 Å². The first-order chi connectivity index (χ1) is 9.04. The topological polar surface area (TPSA) is 49.8 Å². The molecular weight excluding hydrogens is 273 g/mol. The van der Waals surface area contributed by atoms with Crippen molar-refractivity contribution in [2.24, 2.45) is 5.73 Å². The van der Waals surface area contributed by atoms with E-state index in [9.17, 15) is 13.2 Å². The number of allylic oxidation sites excluding steroid dienone is 1. The maximum Gasteiger partial charge on any atom is 0.194 e. The normalized spacial score (nSPS) is 11.9. The van der Waals surface area contributed by atoms with Crippen LogP contribution in [-0.2, 0) is 0 Å². The van der Waals surface area contributed by atoms with Gasteiger partial charge in [0.25, 0.3) is 0 Å². The third-order valence-electron chi connectivity index (χ3n) is 2.44. The van der Waals surface area contributed by atoms with Crippen LogP contribution in [-0.4, -0.2) is 0 Å². The molecule has 2 N–H and O–H groups in total. The fourth-order valence-electron chi connectivity index (χ4n) is 1.52. The van der Waals surface area contributed by atoms with Gasteiger partial charge >= 0.3 is 0 Å². The summed E-state index contributed by atoms with van der Waals surface area (Å²) < 4.78 is 39.1. The highest BCUT2D eigenvalue weighted by Crippen LogP contribution is 2.27. The van der Waals surface area contributed by atoms with Crippen molar-refractivity contribution in [2.75, 3.05) is 0 Å². The third kappa shape index (κ3) is 2.46. The molecule has 96 valence electrons. The van der Waals surface area contributed by atoms with E-state index >= 15 is 0 Å². The van der Waals surface area contributed by atoms with Gasteiger partial charge in [-0.3, -0.25) is 0 Å². The lowest BCUT2D eigenvalue weighted by atomic mass is 10.1.